The van der Waals surface area contributed by atoms with Crippen molar-refractivity contribution in [3.8, 4) is 0 Å². The van der Waals surface area contributed by atoms with Crippen LogP contribution in [0.15, 0.2) is 42.7 Å². The van der Waals surface area contributed by atoms with Gasteiger partial charge in [0.05, 0.1) is 18.3 Å². The van der Waals surface area contributed by atoms with Gasteiger partial charge in [-0.2, -0.15) is 0 Å². The lowest BCUT2D eigenvalue weighted by atomic mass is 10.2. The average Bonchev–Trinajstić information content (AvgIpc) is 2.41. The fourth-order valence-electron chi connectivity index (χ4n) is 1.49. The van der Waals surface area contributed by atoms with Crippen molar-refractivity contribution in [2.24, 2.45) is 0 Å². The van der Waals surface area contributed by atoms with Crippen LogP contribution in [0, 0.1) is 0 Å². The summed E-state index contributed by atoms with van der Waals surface area (Å²) in [5, 5.41) is 0. The van der Waals surface area contributed by atoms with Crippen molar-refractivity contribution in [1.82, 2.24) is 9.97 Å². The molecule has 0 fully saturated rings. The number of likely N-dealkylation sites (N-methyl/N-ethyl adjacent to an activating group) is 1. The number of anilines is 2. The third-order valence-corrected chi connectivity index (χ3v) is 2.55. The van der Waals surface area contributed by atoms with Gasteiger partial charge in [0.1, 0.15) is 5.82 Å². The fourth-order valence-corrected chi connectivity index (χ4v) is 1.49. The zero-order valence-corrected chi connectivity index (χ0v) is 10.1. The largest absolute Gasteiger partial charge is 0.397 e. The van der Waals surface area contributed by atoms with Crippen LogP contribution in [0.25, 0.3) is 0 Å². The van der Waals surface area contributed by atoms with Gasteiger partial charge in [0.15, 0.2) is 0 Å². The van der Waals surface area contributed by atoms with Crippen LogP contribution in [-0.2, 0) is 11.2 Å². The van der Waals surface area contributed by atoms with E-state index in [1.807, 2.05) is 12.1 Å². The van der Waals surface area contributed by atoms with Crippen LogP contribution in [-0.4, -0.2) is 22.9 Å². The molecule has 0 aromatic carbocycles. The molecule has 0 radical (unpaired) electrons. The minimum atomic E-state index is -0.0639. The van der Waals surface area contributed by atoms with E-state index in [0.717, 1.165) is 0 Å². The molecule has 0 atom stereocenters. The number of carbonyl (C=O) groups excluding carboxylic acids is 1. The summed E-state index contributed by atoms with van der Waals surface area (Å²) in [6.07, 6.45) is 3.43. The van der Waals surface area contributed by atoms with Crippen LogP contribution in [0.4, 0.5) is 11.5 Å². The molecule has 1 amide bonds. The fraction of sp³-hybridized carbons (Fsp3) is 0.154. The van der Waals surface area contributed by atoms with Crippen LogP contribution in [0.2, 0.25) is 0 Å². The molecule has 0 aliphatic rings. The summed E-state index contributed by atoms with van der Waals surface area (Å²) in [4.78, 5) is 21.7. The van der Waals surface area contributed by atoms with Gasteiger partial charge in [-0.25, -0.2) is 4.98 Å². The third-order valence-electron chi connectivity index (χ3n) is 2.55. The second-order valence-electron chi connectivity index (χ2n) is 3.90. The highest BCUT2D eigenvalue weighted by Crippen LogP contribution is 2.09. The monoisotopic (exact) mass is 242 g/mol. The molecule has 0 aliphatic carbocycles. The lowest BCUT2D eigenvalue weighted by molar-refractivity contribution is -0.117. The van der Waals surface area contributed by atoms with Gasteiger partial charge in [-0.05, 0) is 24.3 Å². The van der Waals surface area contributed by atoms with Crippen molar-refractivity contribution in [3.05, 3.63) is 48.4 Å². The average molecular weight is 242 g/mol. The normalized spacial score (nSPS) is 10.1. The summed E-state index contributed by atoms with van der Waals surface area (Å²) in [5.41, 5.74) is 6.82. The molecule has 2 N–H and O–H groups in total. The molecule has 5 nitrogen and oxygen atoms in total. The molecule has 0 spiro atoms. The number of pyridine rings is 2. The Morgan fingerprint density at radius 1 is 1.28 bits per heavy atom. The Morgan fingerprint density at radius 3 is 2.72 bits per heavy atom. The molecular weight excluding hydrogens is 228 g/mol. The van der Waals surface area contributed by atoms with E-state index in [9.17, 15) is 4.79 Å². The van der Waals surface area contributed by atoms with Crippen LogP contribution in [0.1, 0.15) is 5.69 Å². The number of carbonyl (C=O) groups is 1. The van der Waals surface area contributed by atoms with Crippen molar-refractivity contribution < 1.29 is 4.79 Å². The number of hydrogen-bond donors (Lipinski definition) is 1. The molecule has 2 heterocycles. The van der Waals surface area contributed by atoms with Crippen molar-refractivity contribution in [2.75, 3.05) is 17.7 Å². The molecular formula is C13H14N4O. The topological polar surface area (TPSA) is 72.1 Å². The Balaban J connectivity index is 2.06. The van der Waals surface area contributed by atoms with E-state index >= 15 is 0 Å². The van der Waals surface area contributed by atoms with Gasteiger partial charge in [0.2, 0.25) is 5.91 Å². The zero-order chi connectivity index (χ0) is 13.0. The van der Waals surface area contributed by atoms with Crippen LogP contribution < -0.4 is 10.6 Å². The molecule has 5 heteroatoms. The van der Waals surface area contributed by atoms with E-state index in [4.69, 9.17) is 5.73 Å². The number of aromatic nitrogens is 2. The Morgan fingerprint density at radius 2 is 2.11 bits per heavy atom. The van der Waals surface area contributed by atoms with E-state index in [0.29, 0.717) is 17.2 Å². The Labute approximate surface area is 105 Å². The first-order valence-corrected chi connectivity index (χ1v) is 5.55. The van der Waals surface area contributed by atoms with Gasteiger partial charge >= 0.3 is 0 Å². The molecule has 0 unspecified atom stereocenters. The predicted octanol–water partition coefficient (Wildman–Crippen LogP) is 1.26. The van der Waals surface area contributed by atoms with Gasteiger partial charge < -0.3 is 5.73 Å². The lowest BCUT2D eigenvalue weighted by Gasteiger charge is -2.15. The lowest BCUT2D eigenvalue weighted by Crippen LogP contribution is -2.28. The minimum Gasteiger partial charge on any atom is -0.397 e. The Kier molecular flexibility index (Phi) is 3.52. The summed E-state index contributed by atoms with van der Waals surface area (Å²) < 4.78 is 0. The van der Waals surface area contributed by atoms with Gasteiger partial charge in [0.25, 0.3) is 0 Å². The third kappa shape index (κ3) is 2.82. The maximum Gasteiger partial charge on any atom is 0.233 e. The van der Waals surface area contributed by atoms with Crippen LogP contribution in [0.5, 0.6) is 0 Å². The molecule has 0 bridgehead atoms. The van der Waals surface area contributed by atoms with Gasteiger partial charge in [-0.15, -0.1) is 0 Å². The minimum absolute atomic E-state index is 0.0639. The smallest absolute Gasteiger partial charge is 0.233 e. The number of rotatable bonds is 3. The summed E-state index contributed by atoms with van der Waals surface area (Å²) in [6.45, 7) is 0. The molecule has 0 aliphatic heterocycles. The highest BCUT2D eigenvalue weighted by molar-refractivity contribution is 5.93. The maximum absolute atomic E-state index is 12.0. The van der Waals surface area contributed by atoms with Crippen molar-refractivity contribution >= 4 is 17.4 Å². The van der Waals surface area contributed by atoms with E-state index in [1.54, 1.807) is 37.6 Å². The Bertz CT molecular complexity index is 524. The highest BCUT2D eigenvalue weighted by Gasteiger charge is 2.12. The zero-order valence-electron chi connectivity index (χ0n) is 10.1. The van der Waals surface area contributed by atoms with Gasteiger partial charge in [-0.1, -0.05) is 6.07 Å². The second kappa shape index (κ2) is 5.27. The molecule has 2 rings (SSSR count). The summed E-state index contributed by atoms with van der Waals surface area (Å²) >= 11 is 0. The quantitative estimate of drug-likeness (QED) is 0.879. The number of nitrogens with two attached hydrogens (primary N) is 1. The number of nitrogens with zero attached hydrogens (tertiary/aromatic N) is 3. The summed E-state index contributed by atoms with van der Waals surface area (Å²) in [5.74, 6) is 0.559. The van der Waals surface area contributed by atoms with E-state index in [-0.39, 0.29) is 12.3 Å². The van der Waals surface area contributed by atoms with Crippen molar-refractivity contribution in [2.45, 2.75) is 6.42 Å². The number of amides is 1. The predicted molar refractivity (Wildman–Crippen MR) is 70.0 cm³/mol. The summed E-state index contributed by atoms with van der Waals surface area (Å²) in [6, 6.07) is 8.92. The standard InChI is InChI=1S/C13H14N4O/c1-17(12-4-2-3-7-15-12)13(18)8-11-6-5-10(14)9-16-11/h2-7,9H,8,14H2,1H3. The molecule has 0 saturated carbocycles. The van der Waals surface area contributed by atoms with Crippen molar-refractivity contribution in [1.29, 1.82) is 0 Å². The molecule has 2 aromatic rings. The van der Waals surface area contributed by atoms with E-state index < -0.39 is 0 Å². The van der Waals surface area contributed by atoms with Crippen LogP contribution >= 0.6 is 0 Å². The first-order valence-electron chi connectivity index (χ1n) is 5.55. The number of hydrogen-bond acceptors (Lipinski definition) is 4. The molecule has 2 aromatic heterocycles. The van der Waals surface area contributed by atoms with Crippen molar-refractivity contribution in [3.63, 3.8) is 0 Å². The van der Waals surface area contributed by atoms with Gasteiger partial charge in [0, 0.05) is 18.9 Å². The maximum atomic E-state index is 12.0. The summed E-state index contributed by atoms with van der Waals surface area (Å²) in [7, 11) is 1.70. The highest BCUT2D eigenvalue weighted by atomic mass is 16.2. The number of nitrogen functional groups attached to an aromatic ring is 1. The first kappa shape index (κ1) is 12.0. The molecule has 18 heavy (non-hydrogen) atoms. The van der Waals surface area contributed by atoms with Crippen LogP contribution in [0.3, 0.4) is 0 Å². The second-order valence-corrected chi connectivity index (χ2v) is 3.90. The molecule has 0 saturated heterocycles. The van der Waals surface area contributed by atoms with E-state index in [1.165, 1.54) is 4.90 Å². The molecule has 92 valence electrons. The van der Waals surface area contributed by atoms with Gasteiger partial charge in [-0.3, -0.25) is 14.7 Å². The Hall–Kier alpha value is -2.43. The first-order chi connectivity index (χ1) is 8.66. The SMILES string of the molecule is CN(C(=O)Cc1ccc(N)cn1)c1ccccn1. The van der Waals surface area contributed by atoms with E-state index in [2.05, 4.69) is 9.97 Å².